The van der Waals surface area contributed by atoms with Crippen molar-refractivity contribution in [2.75, 3.05) is 13.2 Å². The SMILES string of the molecule is CC(C)(C)OC(=O)NCc1ccc(C2(C)OCCO2)cc1. The highest BCUT2D eigenvalue weighted by atomic mass is 16.7. The van der Waals surface area contributed by atoms with Gasteiger partial charge in [-0.3, -0.25) is 0 Å². The number of hydrogen-bond acceptors (Lipinski definition) is 4. The zero-order valence-corrected chi connectivity index (χ0v) is 13.1. The van der Waals surface area contributed by atoms with Crippen molar-refractivity contribution in [3.8, 4) is 0 Å². The Morgan fingerprint density at radius 3 is 2.33 bits per heavy atom. The van der Waals surface area contributed by atoms with Gasteiger partial charge < -0.3 is 19.5 Å². The molecule has 0 radical (unpaired) electrons. The molecular formula is C16H23NO4. The van der Waals surface area contributed by atoms with E-state index in [0.717, 1.165) is 11.1 Å². The summed E-state index contributed by atoms with van der Waals surface area (Å²) in [6.45, 7) is 9.06. The summed E-state index contributed by atoms with van der Waals surface area (Å²) in [5.74, 6) is -0.656. The van der Waals surface area contributed by atoms with Gasteiger partial charge in [0.1, 0.15) is 5.60 Å². The third-order valence-corrected chi connectivity index (χ3v) is 3.15. The van der Waals surface area contributed by atoms with Crippen molar-refractivity contribution in [3.05, 3.63) is 35.4 Å². The van der Waals surface area contributed by atoms with Gasteiger partial charge in [-0.2, -0.15) is 0 Å². The van der Waals surface area contributed by atoms with Crippen LogP contribution in [0, 0.1) is 0 Å². The molecule has 0 spiro atoms. The van der Waals surface area contributed by atoms with Gasteiger partial charge in [-0.05, 0) is 33.3 Å². The summed E-state index contributed by atoms with van der Waals surface area (Å²) in [4.78, 5) is 11.6. The van der Waals surface area contributed by atoms with Crippen LogP contribution in [0.5, 0.6) is 0 Å². The Morgan fingerprint density at radius 1 is 1.24 bits per heavy atom. The molecule has 5 nitrogen and oxygen atoms in total. The topological polar surface area (TPSA) is 56.8 Å². The van der Waals surface area contributed by atoms with Crippen LogP contribution >= 0.6 is 0 Å². The molecule has 21 heavy (non-hydrogen) atoms. The standard InChI is InChI=1S/C16H23NO4/c1-15(2,3)21-14(18)17-11-12-5-7-13(8-6-12)16(4)19-9-10-20-16/h5-8H,9-11H2,1-4H3,(H,17,18). The van der Waals surface area contributed by atoms with Crippen LogP contribution in [0.15, 0.2) is 24.3 Å². The Morgan fingerprint density at radius 2 is 1.81 bits per heavy atom. The van der Waals surface area contributed by atoms with Crippen LogP contribution in [0.25, 0.3) is 0 Å². The summed E-state index contributed by atoms with van der Waals surface area (Å²) in [6, 6.07) is 7.81. The molecule has 1 amide bonds. The van der Waals surface area contributed by atoms with E-state index in [0.29, 0.717) is 19.8 Å². The second kappa shape index (κ2) is 6.03. The molecule has 0 atom stereocenters. The lowest BCUT2D eigenvalue weighted by Gasteiger charge is -2.23. The van der Waals surface area contributed by atoms with Crippen molar-refractivity contribution in [3.63, 3.8) is 0 Å². The predicted molar refractivity (Wildman–Crippen MR) is 78.8 cm³/mol. The van der Waals surface area contributed by atoms with E-state index >= 15 is 0 Å². The number of carbonyl (C=O) groups excluding carboxylic acids is 1. The molecule has 1 N–H and O–H groups in total. The first kappa shape index (κ1) is 15.8. The third-order valence-electron chi connectivity index (χ3n) is 3.15. The Kier molecular flexibility index (Phi) is 4.54. The maximum atomic E-state index is 11.6. The molecule has 2 rings (SSSR count). The lowest BCUT2D eigenvalue weighted by atomic mass is 10.1. The van der Waals surface area contributed by atoms with Crippen LogP contribution in [0.1, 0.15) is 38.8 Å². The number of ether oxygens (including phenoxy) is 3. The minimum Gasteiger partial charge on any atom is -0.444 e. The molecule has 1 aromatic carbocycles. The zero-order valence-electron chi connectivity index (χ0n) is 13.1. The van der Waals surface area contributed by atoms with E-state index < -0.39 is 17.5 Å². The Labute approximate surface area is 125 Å². The fraction of sp³-hybridized carbons (Fsp3) is 0.562. The van der Waals surface area contributed by atoms with Crippen LogP contribution in [0.4, 0.5) is 4.79 Å². The van der Waals surface area contributed by atoms with Crippen LogP contribution in [0.3, 0.4) is 0 Å². The highest BCUT2D eigenvalue weighted by Gasteiger charge is 2.32. The van der Waals surface area contributed by atoms with Gasteiger partial charge in [-0.25, -0.2) is 4.79 Å². The van der Waals surface area contributed by atoms with Crippen LogP contribution in [-0.2, 0) is 26.5 Å². The molecule has 0 unspecified atom stereocenters. The zero-order chi connectivity index (χ0) is 15.5. The first-order valence-corrected chi connectivity index (χ1v) is 7.13. The Bertz CT molecular complexity index is 484. The normalized spacial score (nSPS) is 17.5. The molecule has 0 bridgehead atoms. The molecule has 5 heteroatoms. The van der Waals surface area contributed by atoms with Gasteiger partial charge in [-0.1, -0.05) is 24.3 Å². The van der Waals surface area contributed by atoms with Crippen molar-refractivity contribution in [1.82, 2.24) is 5.32 Å². The summed E-state index contributed by atoms with van der Waals surface area (Å²) in [7, 11) is 0. The van der Waals surface area contributed by atoms with Crippen molar-refractivity contribution in [1.29, 1.82) is 0 Å². The quantitative estimate of drug-likeness (QED) is 0.931. The van der Waals surface area contributed by atoms with Crippen molar-refractivity contribution < 1.29 is 19.0 Å². The summed E-state index contributed by atoms with van der Waals surface area (Å²) in [5.41, 5.74) is 1.48. The maximum Gasteiger partial charge on any atom is 0.407 e. The fourth-order valence-corrected chi connectivity index (χ4v) is 2.09. The number of nitrogens with one attached hydrogen (secondary N) is 1. The Balaban J connectivity index is 1.89. The molecule has 116 valence electrons. The van der Waals surface area contributed by atoms with Gasteiger partial charge in [0.2, 0.25) is 0 Å². The van der Waals surface area contributed by atoms with Crippen molar-refractivity contribution >= 4 is 6.09 Å². The number of carbonyl (C=O) groups is 1. The third kappa shape index (κ3) is 4.44. The maximum absolute atomic E-state index is 11.6. The van der Waals surface area contributed by atoms with Gasteiger partial charge in [0.15, 0.2) is 5.79 Å². The van der Waals surface area contributed by atoms with Gasteiger partial charge in [-0.15, -0.1) is 0 Å². The fourth-order valence-electron chi connectivity index (χ4n) is 2.09. The highest BCUT2D eigenvalue weighted by molar-refractivity contribution is 5.67. The monoisotopic (exact) mass is 293 g/mol. The van der Waals surface area contributed by atoms with E-state index in [4.69, 9.17) is 14.2 Å². The average Bonchev–Trinajstić information content (AvgIpc) is 2.83. The molecule has 0 aromatic heterocycles. The molecule has 1 aromatic rings. The van der Waals surface area contributed by atoms with Crippen molar-refractivity contribution in [2.24, 2.45) is 0 Å². The lowest BCUT2D eigenvalue weighted by molar-refractivity contribution is -0.149. The largest absolute Gasteiger partial charge is 0.444 e. The second-order valence-corrected chi connectivity index (χ2v) is 6.19. The predicted octanol–water partition coefficient (Wildman–Crippen LogP) is 2.93. The average molecular weight is 293 g/mol. The minimum atomic E-state index is -0.656. The van der Waals surface area contributed by atoms with Gasteiger partial charge >= 0.3 is 6.09 Å². The van der Waals surface area contributed by atoms with E-state index in [-0.39, 0.29) is 0 Å². The van der Waals surface area contributed by atoms with E-state index in [2.05, 4.69) is 5.32 Å². The van der Waals surface area contributed by atoms with E-state index in [9.17, 15) is 4.79 Å². The van der Waals surface area contributed by atoms with Crippen molar-refractivity contribution in [2.45, 2.75) is 45.6 Å². The molecule has 0 saturated carbocycles. The number of amides is 1. The molecule has 1 aliphatic rings. The van der Waals surface area contributed by atoms with Gasteiger partial charge in [0.05, 0.1) is 13.2 Å². The van der Waals surface area contributed by atoms with Crippen LogP contribution in [0.2, 0.25) is 0 Å². The molecule has 1 heterocycles. The molecule has 1 aliphatic heterocycles. The number of rotatable bonds is 3. The number of hydrogen-bond donors (Lipinski definition) is 1. The molecule has 0 aliphatic carbocycles. The van der Waals surface area contributed by atoms with E-state index in [1.54, 1.807) is 0 Å². The first-order chi connectivity index (χ1) is 9.78. The van der Waals surface area contributed by atoms with Crippen LogP contribution in [-0.4, -0.2) is 24.9 Å². The van der Waals surface area contributed by atoms with Crippen LogP contribution < -0.4 is 5.32 Å². The highest BCUT2D eigenvalue weighted by Crippen LogP contribution is 2.30. The summed E-state index contributed by atoms with van der Waals surface area (Å²) in [5, 5.41) is 2.73. The second-order valence-electron chi connectivity index (χ2n) is 6.19. The lowest BCUT2D eigenvalue weighted by Crippen LogP contribution is -2.32. The molecule has 1 fully saturated rings. The Hall–Kier alpha value is -1.59. The summed E-state index contributed by atoms with van der Waals surface area (Å²) < 4.78 is 16.4. The minimum absolute atomic E-state index is 0.416. The molecular weight excluding hydrogens is 270 g/mol. The number of alkyl carbamates (subject to hydrolysis) is 1. The smallest absolute Gasteiger partial charge is 0.407 e. The van der Waals surface area contributed by atoms with Gasteiger partial charge in [0.25, 0.3) is 0 Å². The summed E-state index contributed by atoms with van der Waals surface area (Å²) in [6.07, 6.45) is -0.416. The van der Waals surface area contributed by atoms with Gasteiger partial charge in [0, 0.05) is 12.1 Å². The first-order valence-electron chi connectivity index (χ1n) is 7.13. The van der Waals surface area contributed by atoms with E-state index in [1.165, 1.54) is 0 Å². The summed E-state index contributed by atoms with van der Waals surface area (Å²) >= 11 is 0. The molecule has 1 saturated heterocycles. The number of benzene rings is 1. The van der Waals surface area contributed by atoms with E-state index in [1.807, 2.05) is 52.0 Å².